The molecule has 0 aliphatic heterocycles. The van der Waals surface area contributed by atoms with Crippen LogP contribution in [-0.4, -0.2) is 36.5 Å². The number of hydrogen-bond acceptors (Lipinski definition) is 4. The number of carbonyl (C=O) groups excluding carboxylic acids is 1. The minimum Gasteiger partial charge on any atom is -0.463 e. The van der Waals surface area contributed by atoms with Gasteiger partial charge in [-0.3, -0.25) is 4.79 Å². The highest BCUT2D eigenvalue weighted by Gasteiger charge is 2.08. The van der Waals surface area contributed by atoms with Crippen LogP contribution in [0, 0.1) is 0 Å². The zero-order valence-corrected chi connectivity index (χ0v) is 12.7. The lowest BCUT2D eigenvalue weighted by Crippen LogP contribution is -2.23. The Morgan fingerprint density at radius 2 is 1.68 bits per heavy atom. The quantitative estimate of drug-likeness (QED) is 0.439. The SMILES string of the molecule is CCCCCCCCC(=O)OCC(C)OCC(C)O. The van der Waals surface area contributed by atoms with Crippen LogP contribution < -0.4 is 0 Å². The van der Waals surface area contributed by atoms with Crippen molar-refractivity contribution in [2.75, 3.05) is 13.2 Å². The molecule has 0 amide bonds. The van der Waals surface area contributed by atoms with E-state index in [2.05, 4.69) is 6.92 Å². The van der Waals surface area contributed by atoms with Crippen LogP contribution in [-0.2, 0) is 14.3 Å². The van der Waals surface area contributed by atoms with Crippen LogP contribution in [0.1, 0.15) is 65.7 Å². The Labute approximate surface area is 117 Å². The normalized spacial score (nSPS) is 14.1. The first-order valence-corrected chi connectivity index (χ1v) is 7.51. The van der Waals surface area contributed by atoms with E-state index in [1.165, 1.54) is 25.7 Å². The summed E-state index contributed by atoms with van der Waals surface area (Å²) in [6.07, 6.45) is 6.84. The average Bonchev–Trinajstić information content (AvgIpc) is 2.38. The molecular formula is C15H30O4. The molecule has 2 atom stereocenters. The number of rotatable bonds is 12. The van der Waals surface area contributed by atoms with Gasteiger partial charge < -0.3 is 14.6 Å². The molecule has 0 rings (SSSR count). The standard InChI is InChI=1S/C15H30O4/c1-4-5-6-7-8-9-10-15(17)19-12-14(3)18-11-13(2)16/h13-14,16H,4-12H2,1-3H3. The van der Waals surface area contributed by atoms with Crippen LogP contribution >= 0.6 is 0 Å². The number of aliphatic hydroxyl groups excluding tert-OH is 1. The fourth-order valence-electron chi connectivity index (χ4n) is 1.68. The van der Waals surface area contributed by atoms with E-state index < -0.39 is 6.10 Å². The van der Waals surface area contributed by atoms with Crippen LogP contribution in [0.4, 0.5) is 0 Å². The first-order chi connectivity index (χ1) is 9.06. The van der Waals surface area contributed by atoms with Gasteiger partial charge in [-0.2, -0.15) is 0 Å². The van der Waals surface area contributed by atoms with Gasteiger partial charge in [0, 0.05) is 6.42 Å². The van der Waals surface area contributed by atoms with Gasteiger partial charge in [0.1, 0.15) is 6.61 Å². The molecular weight excluding hydrogens is 244 g/mol. The van der Waals surface area contributed by atoms with Gasteiger partial charge in [-0.1, -0.05) is 39.0 Å². The number of aliphatic hydroxyl groups is 1. The first-order valence-electron chi connectivity index (χ1n) is 7.51. The highest BCUT2D eigenvalue weighted by molar-refractivity contribution is 5.69. The summed E-state index contributed by atoms with van der Waals surface area (Å²) >= 11 is 0. The van der Waals surface area contributed by atoms with Crippen molar-refractivity contribution in [1.82, 2.24) is 0 Å². The number of unbranched alkanes of at least 4 members (excludes halogenated alkanes) is 5. The van der Waals surface area contributed by atoms with Gasteiger partial charge in [0.2, 0.25) is 0 Å². The smallest absolute Gasteiger partial charge is 0.305 e. The van der Waals surface area contributed by atoms with Crippen LogP contribution in [0.15, 0.2) is 0 Å². The third kappa shape index (κ3) is 13.6. The Balaban J connectivity index is 3.38. The molecule has 0 aromatic rings. The highest BCUT2D eigenvalue weighted by Crippen LogP contribution is 2.07. The molecule has 4 nitrogen and oxygen atoms in total. The summed E-state index contributed by atoms with van der Waals surface area (Å²) in [6.45, 7) is 6.23. The second-order valence-corrected chi connectivity index (χ2v) is 5.19. The van der Waals surface area contributed by atoms with Crippen LogP contribution in [0.3, 0.4) is 0 Å². The minimum atomic E-state index is -0.485. The van der Waals surface area contributed by atoms with E-state index in [-0.39, 0.29) is 25.3 Å². The van der Waals surface area contributed by atoms with Gasteiger partial charge in [0.05, 0.1) is 18.8 Å². The molecule has 0 spiro atoms. The van der Waals surface area contributed by atoms with Crippen LogP contribution in [0.5, 0.6) is 0 Å². The number of esters is 1. The maximum absolute atomic E-state index is 11.4. The molecule has 114 valence electrons. The molecule has 1 N–H and O–H groups in total. The van der Waals surface area contributed by atoms with E-state index in [1.54, 1.807) is 6.92 Å². The molecule has 0 saturated carbocycles. The molecule has 0 fully saturated rings. The van der Waals surface area contributed by atoms with E-state index in [4.69, 9.17) is 14.6 Å². The Bertz CT molecular complexity index is 216. The van der Waals surface area contributed by atoms with Crippen LogP contribution in [0.25, 0.3) is 0 Å². The molecule has 0 saturated heterocycles. The average molecular weight is 274 g/mol. The minimum absolute atomic E-state index is 0.150. The topological polar surface area (TPSA) is 55.8 Å². The van der Waals surface area contributed by atoms with Crippen molar-refractivity contribution in [3.05, 3.63) is 0 Å². The summed E-state index contributed by atoms with van der Waals surface area (Å²) in [7, 11) is 0. The maximum Gasteiger partial charge on any atom is 0.305 e. The molecule has 0 heterocycles. The molecule has 0 aliphatic rings. The Kier molecular flexibility index (Phi) is 12.0. The van der Waals surface area contributed by atoms with E-state index >= 15 is 0 Å². The second-order valence-electron chi connectivity index (χ2n) is 5.19. The number of ether oxygens (including phenoxy) is 2. The summed E-state index contributed by atoms with van der Waals surface area (Å²) < 4.78 is 10.4. The van der Waals surface area contributed by atoms with E-state index in [9.17, 15) is 4.79 Å². The molecule has 0 aromatic heterocycles. The van der Waals surface area contributed by atoms with Crippen LogP contribution in [0.2, 0.25) is 0 Å². The number of carbonyl (C=O) groups is 1. The predicted molar refractivity (Wildman–Crippen MR) is 76.0 cm³/mol. The molecule has 0 bridgehead atoms. The van der Waals surface area contributed by atoms with Gasteiger partial charge in [-0.05, 0) is 20.3 Å². The summed E-state index contributed by atoms with van der Waals surface area (Å²) in [6, 6.07) is 0. The van der Waals surface area contributed by atoms with Crippen molar-refractivity contribution >= 4 is 5.97 Å². The van der Waals surface area contributed by atoms with Gasteiger partial charge in [-0.15, -0.1) is 0 Å². The number of hydrogen-bond donors (Lipinski definition) is 1. The lowest BCUT2D eigenvalue weighted by atomic mass is 10.1. The monoisotopic (exact) mass is 274 g/mol. The molecule has 0 radical (unpaired) electrons. The maximum atomic E-state index is 11.4. The largest absolute Gasteiger partial charge is 0.463 e. The van der Waals surface area contributed by atoms with Gasteiger partial charge in [0.25, 0.3) is 0 Å². The summed E-state index contributed by atoms with van der Waals surface area (Å²) in [5, 5.41) is 9.05. The lowest BCUT2D eigenvalue weighted by Gasteiger charge is -2.14. The predicted octanol–water partition coefficient (Wildman–Crippen LogP) is 3.07. The third-order valence-corrected chi connectivity index (χ3v) is 2.84. The Morgan fingerprint density at radius 3 is 2.32 bits per heavy atom. The Hall–Kier alpha value is -0.610. The van der Waals surface area contributed by atoms with Gasteiger partial charge in [0.15, 0.2) is 0 Å². The molecule has 0 aliphatic carbocycles. The molecule has 4 heteroatoms. The molecule has 2 unspecified atom stereocenters. The zero-order valence-electron chi connectivity index (χ0n) is 12.7. The lowest BCUT2D eigenvalue weighted by molar-refractivity contribution is -0.148. The van der Waals surface area contributed by atoms with Crippen molar-refractivity contribution in [2.24, 2.45) is 0 Å². The van der Waals surface area contributed by atoms with E-state index in [1.807, 2.05) is 6.92 Å². The summed E-state index contributed by atoms with van der Waals surface area (Å²) in [5.74, 6) is -0.150. The van der Waals surface area contributed by atoms with Crippen molar-refractivity contribution < 1.29 is 19.4 Å². The van der Waals surface area contributed by atoms with Gasteiger partial charge in [-0.25, -0.2) is 0 Å². The summed E-state index contributed by atoms with van der Waals surface area (Å²) in [4.78, 5) is 11.4. The summed E-state index contributed by atoms with van der Waals surface area (Å²) in [5.41, 5.74) is 0. The highest BCUT2D eigenvalue weighted by atomic mass is 16.6. The van der Waals surface area contributed by atoms with Crippen molar-refractivity contribution in [1.29, 1.82) is 0 Å². The zero-order chi connectivity index (χ0) is 14.5. The van der Waals surface area contributed by atoms with Crippen molar-refractivity contribution in [2.45, 2.75) is 77.9 Å². The third-order valence-electron chi connectivity index (χ3n) is 2.84. The van der Waals surface area contributed by atoms with E-state index in [0.29, 0.717) is 6.42 Å². The second kappa shape index (κ2) is 12.4. The fraction of sp³-hybridized carbons (Fsp3) is 0.933. The Morgan fingerprint density at radius 1 is 1.05 bits per heavy atom. The molecule has 0 aromatic carbocycles. The first kappa shape index (κ1) is 18.4. The van der Waals surface area contributed by atoms with E-state index in [0.717, 1.165) is 12.8 Å². The van der Waals surface area contributed by atoms with Crippen molar-refractivity contribution in [3.8, 4) is 0 Å². The van der Waals surface area contributed by atoms with Crippen molar-refractivity contribution in [3.63, 3.8) is 0 Å². The van der Waals surface area contributed by atoms with Gasteiger partial charge >= 0.3 is 5.97 Å². The molecule has 19 heavy (non-hydrogen) atoms. The fourth-order valence-corrected chi connectivity index (χ4v) is 1.68.